The maximum atomic E-state index is 12.7. The summed E-state index contributed by atoms with van der Waals surface area (Å²) in [6.07, 6.45) is 8.40. The van der Waals surface area contributed by atoms with Crippen LogP contribution in [0.1, 0.15) is 5.56 Å². The molecule has 0 amide bonds. The Bertz CT molecular complexity index is 1410. The van der Waals surface area contributed by atoms with Crippen molar-refractivity contribution >= 4 is 0 Å². The van der Waals surface area contributed by atoms with Crippen LogP contribution in [0.5, 0.6) is 0 Å². The first-order valence-corrected chi connectivity index (χ1v) is 9.78. The van der Waals surface area contributed by atoms with Crippen molar-refractivity contribution in [1.82, 2.24) is 29.5 Å². The molecule has 0 aliphatic heterocycles. The fourth-order valence-corrected chi connectivity index (χ4v) is 3.50. The highest BCUT2D eigenvalue weighted by molar-refractivity contribution is 5.62. The molecule has 5 rings (SSSR count). The summed E-state index contributed by atoms with van der Waals surface area (Å²) in [5.41, 5.74) is 5.32. The fraction of sp³-hybridized carbons (Fsp3) is 0.0417. The van der Waals surface area contributed by atoms with Crippen LogP contribution in [-0.4, -0.2) is 29.5 Å². The maximum absolute atomic E-state index is 12.7. The van der Waals surface area contributed by atoms with Crippen molar-refractivity contribution in [2.75, 3.05) is 0 Å². The Morgan fingerprint density at radius 1 is 0.903 bits per heavy atom. The lowest BCUT2D eigenvalue weighted by Gasteiger charge is -2.12. The Morgan fingerprint density at radius 2 is 1.77 bits per heavy atom. The molecule has 0 spiro atoms. The van der Waals surface area contributed by atoms with Gasteiger partial charge < -0.3 is 0 Å². The highest BCUT2D eigenvalue weighted by Crippen LogP contribution is 2.23. The van der Waals surface area contributed by atoms with Crippen molar-refractivity contribution in [1.29, 1.82) is 0 Å². The average Bonchev–Trinajstić information content (AvgIpc) is 3.30. The molecule has 0 radical (unpaired) electrons. The van der Waals surface area contributed by atoms with Gasteiger partial charge in [0.25, 0.3) is 0 Å². The minimum absolute atomic E-state index is 0.164. The maximum Gasteiger partial charge on any atom is 0.209 e. The third kappa shape index (κ3) is 3.53. The van der Waals surface area contributed by atoms with Gasteiger partial charge in [-0.25, -0.2) is 9.36 Å². The number of hydrogen-bond donors (Lipinski definition) is 0. The molecule has 0 saturated carbocycles. The number of benzene rings is 2. The third-order valence-electron chi connectivity index (χ3n) is 5.00. The molecule has 2 aromatic carbocycles. The van der Waals surface area contributed by atoms with E-state index in [-0.39, 0.29) is 5.43 Å². The summed E-state index contributed by atoms with van der Waals surface area (Å²) < 4.78 is 3.44. The molecule has 3 heterocycles. The van der Waals surface area contributed by atoms with E-state index in [4.69, 9.17) is 0 Å². The largest absolute Gasteiger partial charge is 0.287 e. The van der Waals surface area contributed by atoms with E-state index in [0.29, 0.717) is 11.4 Å². The van der Waals surface area contributed by atoms with Crippen molar-refractivity contribution < 1.29 is 0 Å². The highest BCUT2D eigenvalue weighted by Gasteiger charge is 2.14. The summed E-state index contributed by atoms with van der Waals surface area (Å²) in [5, 5.41) is 9.03. The van der Waals surface area contributed by atoms with E-state index in [0.717, 1.165) is 28.2 Å². The van der Waals surface area contributed by atoms with E-state index in [2.05, 4.69) is 20.2 Å². The molecule has 7 nitrogen and oxygen atoms in total. The molecule has 5 aromatic rings. The lowest BCUT2D eigenvalue weighted by molar-refractivity contribution is 0.818. The van der Waals surface area contributed by atoms with Gasteiger partial charge >= 0.3 is 0 Å². The molecule has 0 N–H and O–H groups in total. The van der Waals surface area contributed by atoms with Crippen molar-refractivity contribution in [3.05, 3.63) is 107 Å². The van der Waals surface area contributed by atoms with Crippen molar-refractivity contribution in [3.8, 4) is 34.0 Å². The van der Waals surface area contributed by atoms with Crippen LogP contribution in [0.25, 0.3) is 34.0 Å². The highest BCUT2D eigenvalue weighted by atomic mass is 16.1. The smallest absolute Gasteiger partial charge is 0.209 e. The van der Waals surface area contributed by atoms with Gasteiger partial charge in [0.1, 0.15) is 0 Å². The molecule has 0 bridgehead atoms. The van der Waals surface area contributed by atoms with Crippen LogP contribution in [0.2, 0.25) is 0 Å². The molecule has 31 heavy (non-hydrogen) atoms. The van der Waals surface area contributed by atoms with Crippen LogP contribution >= 0.6 is 0 Å². The summed E-state index contributed by atoms with van der Waals surface area (Å²) in [6, 6.07) is 19.0. The van der Waals surface area contributed by atoms with Crippen LogP contribution in [0, 0.1) is 6.92 Å². The van der Waals surface area contributed by atoms with Gasteiger partial charge in [-0.2, -0.15) is 10.2 Å². The predicted octanol–water partition coefficient (Wildman–Crippen LogP) is 3.85. The van der Waals surface area contributed by atoms with Crippen LogP contribution in [0.4, 0.5) is 0 Å². The van der Waals surface area contributed by atoms with Crippen LogP contribution < -0.4 is 5.43 Å². The number of aromatic nitrogens is 6. The Hall–Kier alpha value is -4.39. The summed E-state index contributed by atoms with van der Waals surface area (Å²) in [5.74, 6) is 0. The number of aryl methyl sites for hydroxylation is 1. The molecular formula is C24H18N6O. The van der Waals surface area contributed by atoms with Gasteiger partial charge in [0.15, 0.2) is 5.69 Å². The fourth-order valence-electron chi connectivity index (χ4n) is 3.50. The lowest BCUT2D eigenvalue weighted by Crippen LogP contribution is -2.15. The average molecular weight is 406 g/mol. The number of hydrogen-bond acceptors (Lipinski definition) is 5. The molecule has 0 aliphatic rings. The monoisotopic (exact) mass is 406 g/mol. The van der Waals surface area contributed by atoms with Crippen molar-refractivity contribution in [3.63, 3.8) is 0 Å². The number of nitrogens with zero attached hydrogens (tertiary/aromatic N) is 6. The standard InChI is InChI=1S/C24H18N6O/c1-17-15-18(20-16-25-12-13-26-20)7-8-21(17)29-14-10-23(31)24(28-29)22-9-11-27-30(22)19-5-3-2-4-6-19/h2-16H,1H3. The van der Waals surface area contributed by atoms with Gasteiger partial charge in [-0.05, 0) is 42.8 Å². The molecule has 0 atom stereocenters. The van der Waals surface area contributed by atoms with E-state index < -0.39 is 0 Å². The zero-order valence-corrected chi connectivity index (χ0v) is 16.8. The quantitative estimate of drug-likeness (QED) is 0.453. The van der Waals surface area contributed by atoms with E-state index in [1.54, 1.807) is 46.4 Å². The minimum atomic E-state index is -0.164. The van der Waals surface area contributed by atoms with Gasteiger partial charge in [0.2, 0.25) is 5.43 Å². The van der Waals surface area contributed by atoms with Gasteiger partial charge in [0, 0.05) is 30.2 Å². The van der Waals surface area contributed by atoms with Crippen molar-refractivity contribution in [2.45, 2.75) is 6.92 Å². The molecule has 0 unspecified atom stereocenters. The van der Waals surface area contributed by atoms with Crippen LogP contribution in [-0.2, 0) is 0 Å². The molecule has 0 saturated heterocycles. The van der Waals surface area contributed by atoms with Gasteiger partial charge in [-0.1, -0.05) is 24.3 Å². The third-order valence-corrected chi connectivity index (χ3v) is 5.00. The SMILES string of the molecule is Cc1cc(-c2cnccn2)ccc1-n1ccc(=O)c(-c2ccnn2-c2ccccc2)n1. The van der Waals surface area contributed by atoms with Gasteiger partial charge in [0.05, 0.1) is 35.2 Å². The van der Waals surface area contributed by atoms with E-state index in [9.17, 15) is 4.79 Å². The molecule has 0 fully saturated rings. The lowest BCUT2D eigenvalue weighted by atomic mass is 10.1. The van der Waals surface area contributed by atoms with Gasteiger partial charge in [-0.15, -0.1) is 0 Å². The first-order valence-electron chi connectivity index (χ1n) is 9.78. The summed E-state index contributed by atoms with van der Waals surface area (Å²) in [4.78, 5) is 21.2. The number of para-hydroxylation sites is 1. The van der Waals surface area contributed by atoms with E-state index >= 15 is 0 Å². The second-order valence-corrected chi connectivity index (χ2v) is 7.03. The number of rotatable bonds is 4. The van der Waals surface area contributed by atoms with Crippen LogP contribution in [0.15, 0.2) is 96.4 Å². The summed E-state index contributed by atoms with van der Waals surface area (Å²) >= 11 is 0. The zero-order valence-electron chi connectivity index (χ0n) is 16.8. The Morgan fingerprint density at radius 3 is 2.55 bits per heavy atom. The normalized spacial score (nSPS) is 10.9. The van der Waals surface area contributed by atoms with Crippen molar-refractivity contribution in [2.24, 2.45) is 0 Å². The second kappa shape index (κ2) is 7.79. The van der Waals surface area contributed by atoms with E-state index in [1.165, 1.54) is 6.07 Å². The molecule has 3 aromatic heterocycles. The molecule has 7 heteroatoms. The molecular weight excluding hydrogens is 388 g/mol. The molecule has 0 aliphatic carbocycles. The topological polar surface area (TPSA) is 78.5 Å². The zero-order chi connectivity index (χ0) is 21.2. The molecule has 150 valence electrons. The first kappa shape index (κ1) is 18.6. The summed E-state index contributed by atoms with van der Waals surface area (Å²) in [6.45, 7) is 2.00. The van der Waals surface area contributed by atoms with Gasteiger partial charge in [-0.3, -0.25) is 14.8 Å². The minimum Gasteiger partial charge on any atom is -0.287 e. The Labute approximate surface area is 178 Å². The summed E-state index contributed by atoms with van der Waals surface area (Å²) in [7, 11) is 0. The van der Waals surface area contributed by atoms with Crippen LogP contribution in [0.3, 0.4) is 0 Å². The predicted molar refractivity (Wildman–Crippen MR) is 118 cm³/mol. The Balaban J connectivity index is 1.58. The Kier molecular flexibility index (Phi) is 4.68. The second-order valence-electron chi connectivity index (χ2n) is 7.03. The first-order chi connectivity index (χ1) is 15.2. The van der Waals surface area contributed by atoms with E-state index in [1.807, 2.05) is 55.5 Å².